The number of fused-ring (bicyclic) bond motifs is 1. The average Bonchev–Trinajstić information content (AvgIpc) is 2.94. The molecule has 1 N–H and O–H groups in total. The van der Waals surface area contributed by atoms with Crippen molar-refractivity contribution in [2.24, 2.45) is 0 Å². The second kappa shape index (κ2) is 8.24. The molecule has 0 saturated carbocycles. The van der Waals surface area contributed by atoms with Crippen LogP contribution in [0.4, 0.5) is 0 Å². The van der Waals surface area contributed by atoms with Crippen molar-refractivity contribution >= 4 is 5.97 Å². The highest BCUT2D eigenvalue weighted by Gasteiger charge is 2.27. The first-order valence-electron chi connectivity index (χ1n) is 9.05. The fourth-order valence-electron chi connectivity index (χ4n) is 3.73. The number of aliphatic carboxylic acids is 1. The van der Waals surface area contributed by atoms with Gasteiger partial charge in [-0.1, -0.05) is 0 Å². The molecular weight excluding hydrogens is 336 g/mol. The second-order valence-corrected chi connectivity index (χ2v) is 7.23. The van der Waals surface area contributed by atoms with E-state index < -0.39 is 5.97 Å². The molecule has 2 heterocycles. The Kier molecular flexibility index (Phi) is 6.01. The molecule has 0 radical (unpaired) electrons. The fraction of sp³-hybridized carbons (Fsp3) is 0.632. The molecule has 144 valence electrons. The molecular formula is C19H28N2O5. The lowest BCUT2D eigenvalue weighted by Crippen LogP contribution is -2.47. The largest absolute Gasteiger partial charge is 0.497 e. The lowest BCUT2D eigenvalue weighted by molar-refractivity contribution is -0.138. The molecule has 2 unspecified atom stereocenters. The predicted octanol–water partition coefficient (Wildman–Crippen LogP) is 1.24. The third-order valence-electron chi connectivity index (χ3n) is 4.82. The van der Waals surface area contributed by atoms with Crippen LogP contribution in [0.1, 0.15) is 18.1 Å². The van der Waals surface area contributed by atoms with Gasteiger partial charge in [0.25, 0.3) is 0 Å². The van der Waals surface area contributed by atoms with Crippen LogP contribution in [0, 0.1) is 0 Å². The minimum absolute atomic E-state index is 0.00611. The number of hydrogen-bond acceptors (Lipinski definition) is 6. The van der Waals surface area contributed by atoms with Gasteiger partial charge in [0.15, 0.2) is 0 Å². The number of rotatable bonds is 7. The van der Waals surface area contributed by atoms with Crippen LogP contribution < -0.4 is 9.47 Å². The van der Waals surface area contributed by atoms with Crippen LogP contribution in [0.3, 0.4) is 0 Å². The van der Waals surface area contributed by atoms with E-state index in [4.69, 9.17) is 19.3 Å². The zero-order valence-corrected chi connectivity index (χ0v) is 15.7. The lowest BCUT2D eigenvalue weighted by Gasteiger charge is -2.34. The monoisotopic (exact) mass is 364 g/mol. The number of benzene rings is 1. The van der Waals surface area contributed by atoms with Gasteiger partial charge in [-0.25, -0.2) is 0 Å². The summed E-state index contributed by atoms with van der Waals surface area (Å²) in [6.07, 6.45) is 1.11. The third kappa shape index (κ3) is 4.66. The number of nitrogens with zero attached hydrogens (tertiary/aromatic N) is 2. The van der Waals surface area contributed by atoms with Crippen molar-refractivity contribution in [2.75, 3.05) is 46.9 Å². The standard InChI is InChI=1S/C19H28N2O5/c1-13-6-14-7-16(24-3)8-15(19(14)26-13)9-21-4-5-25-17(11-21)10-20(2)12-18(22)23/h7-8,13,17H,4-6,9-12H2,1-3H3,(H,22,23). The Labute approximate surface area is 154 Å². The Morgan fingerprint density at radius 2 is 2.27 bits per heavy atom. The van der Waals surface area contributed by atoms with Crippen molar-refractivity contribution in [3.8, 4) is 11.5 Å². The summed E-state index contributed by atoms with van der Waals surface area (Å²) < 4.78 is 17.3. The number of hydrogen-bond donors (Lipinski definition) is 1. The van der Waals surface area contributed by atoms with Gasteiger partial charge in [-0.2, -0.15) is 0 Å². The summed E-state index contributed by atoms with van der Waals surface area (Å²) in [6.45, 7) is 5.75. The summed E-state index contributed by atoms with van der Waals surface area (Å²) in [6, 6.07) is 4.11. The summed E-state index contributed by atoms with van der Waals surface area (Å²) in [5.74, 6) is 1.03. The molecule has 0 bridgehead atoms. The number of carboxylic acid groups (broad SMARTS) is 1. The van der Waals surface area contributed by atoms with Crippen molar-refractivity contribution < 1.29 is 24.1 Å². The number of likely N-dealkylation sites (N-methyl/N-ethyl adjacent to an activating group) is 1. The van der Waals surface area contributed by atoms with Crippen LogP contribution in [-0.4, -0.2) is 80.0 Å². The Bertz CT molecular complexity index is 651. The van der Waals surface area contributed by atoms with Gasteiger partial charge in [0.05, 0.1) is 26.4 Å². The highest BCUT2D eigenvalue weighted by molar-refractivity contribution is 5.69. The van der Waals surface area contributed by atoms with E-state index in [0.717, 1.165) is 43.1 Å². The average molecular weight is 364 g/mol. The normalized spacial score (nSPS) is 22.9. The first kappa shape index (κ1) is 18.9. The number of morpholine rings is 1. The number of carboxylic acids is 1. The smallest absolute Gasteiger partial charge is 0.317 e. The van der Waals surface area contributed by atoms with Crippen molar-refractivity contribution in [2.45, 2.75) is 32.1 Å². The Morgan fingerprint density at radius 3 is 3.00 bits per heavy atom. The van der Waals surface area contributed by atoms with Crippen molar-refractivity contribution in [1.29, 1.82) is 0 Å². The van der Waals surface area contributed by atoms with Crippen LogP contribution >= 0.6 is 0 Å². The van der Waals surface area contributed by atoms with Crippen molar-refractivity contribution in [3.05, 3.63) is 23.3 Å². The molecule has 0 amide bonds. The van der Waals surface area contributed by atoms with Gasteiger partial charge in [-0.3, -0.25) is 14.6 Å². The first-order valence-corrected chi connectivity index (χ1v) is 9.05. The van der Waals surface area contributed by atoms with E-state index >= 15 is 0 Å². The summed E-state index contributed by atoms with van der Waals surface area (Å²) >= 11 is 0. The fourth-order valence-corrected chi connectivity index (χ4v) is 3.73. The molecule has 2 aliphatic rings. The molecule has 2 aliphatic heterocycles. The maximum Gasteiger partial charge on any atom is 0.317 e. The van der Waals surface area contributed by atoms with E-state index in [1.54, 1.807) is 19.1 Å². The summed E-state index contributed by atoms with van der Waals surface area (Å²) in [5.41, 5.74) is 2.35. The maximum atomic E-state index is 10.8. The quantitative estimate of drug-likeness (QED) is 0.780. The molecule has 1 saturated heterocycles. The van der Waals surface area contributed by atoms with Crippen molar-refractivity contribution in [3.63, 3.8) is 0 Å². The molecule has 2 atom stereocenters. The van der Waals surface area contributed by atoms with Crippen LogP contribution in [0.2, 0.25) is 0 Å². The van der Waals surface area contributed by atoms with Crippen LogP contribution in [0.5, 0.6) is 11.5 Å². The van der Waals surface area contributed by atoms with E-state index in [9.17, 15) is 4.79 Å². The molecule has 26 heavy (non-hydrogen) atoms. The minimum Gasteiger partial charge on any atom is -0.497 e. The van der Waals surface area contributed by atoms with E-state index in [1.165, 1.54) is 5.56 Å². The zero-order chi connectivity index (χ0) is 18.7. The Balaban J connectivity index is 1.65. The lowest BCUT2D eigenvalue weighted by atomic mass is 10.0. The molecule has 3 rings (SSSR count). The van der Waals surface area contributed by atoms with Gasteiger partial charge in [0.2, 0.25) is 0 Å². The molecule has 0 spiro atoms. The third-order valence-corrected chi connectivity index (χ3v) is 4.82. The summed E-state index contributed by atoms with van der Waals surface area (Å²) in [7, 11) is 3.49. The number of ether oxygens (including phenoxy) is 3. The van der Waals surface area contributed by atoms with Gasteiger partial charge < -0.3 is 19.3 Å². The number of methoxy groups -OCH3 is 1. The van der Waals surface area contributed by atoms with Crippen LogP contribution in [0.25, 0.3) is 0 Å². The van der Waals surface area contributed by atoms with Gasteiger partial charge in [-0.05, 0) is 26.1 Å². The molecule has 1 aromatic carbocycles. The van der Waals surface area contributed by atoms with E-state index in [-0.39, 0.29) is 18.8 Å². The zero-order valence-electron chi connectivity index (χ0n) is 15.7. The molecule has 7 heteroatoms. The van der Waals surface area contributed by atoms with Crippen molar-refractivity contribution in [1.82, 2.24) is 9.80 Å². The number of carbonyl (C=O) groups is 1. The maximum absolute atomic E-state index is 10.8. The molecule has 0 aromatic heterocycles. The van der Waals surface area contributed by atoms with E-state index in [0.29, 0.717) is 13.2 Å². The minimum atomic E-state index is -0.821. The Morgan fingerprint density at radius 1 is 1.46 bits per heavy atom. The van der Waals surface area contributed by atoms with Gasteiger partial charge in [0.1, 0.15) is 17.6 Å². The molecule has 0 aliphatic carbocycles. The topological polar surface area (TPSA) is 71.5 Å². The second-order valence-electron chi connectivity index (χ2n) is 7.23. The summed E-state index contributed by atoms with van der Waals surface area (Å²) in [5, 5.41) is 8.90. The van der Waals surface area contributed by atoms with Gasteiger partial charge in [0, 0.05) is 43.7 Å². The van der Waals surface area contributed by atoms with Crippen LogP contribution in [-0.2, 0) is 22.5 Å². The molecule has 1 aromatic rings. The SMILES string of the molecule is COc1cc2c(c(CN3CCOC(CN(C)CC(=O)O)C3)c1)OC(C)C2. The van der Waals surface area contributed by atoms with E-state index in [2.05, 4.69) is 24.0 Å². The highest BCUT2D eigenvalue weighted by Crippen LogP contribution is 2.37. The predicted molar refractivity (Wildman–Crippen MR) is 96.9 cm³/mol. The first-order chi connectivity index (χ1) is 12.4. The molecule has 1 fully saturated rings. The van der Waals surface area contributed by atoms with Gasteiger partial charge in [-0.15, -0.1) is 0 Å². The summed E-state index contributed by atoms with van der Waals surface area (Å²) in [4.78, 5) is 15.0. The van der Waals surface area contributed by atoms with Gasteiger partial charge >= 0.3 is 5.97 Å². The molecule has 7 nitrogen and oxygen atoms in total. The Hall–Kier alpha value is -1.83. The highest BCUT2D eigenvalue weighted by atomic mass is 16.5. The van der Waals surface area contributed by atoms with E-state index in [1.807, 2.05) is 0 Å². The van der Waals surface area contributed by atoms with Crippen LogP contribution in [0.15, 0.2) is 12.1 Å².